The standard InChI is InChI=1S/C18H22BrN3O2/c1-18(2,3)24-17(23)21-16-11-14(19)10-9-13(16)12-20-22-15-7-5-4-6-8-15/h4-11,20,22H,12H2,1-3H3,(H,21,23). The van der Waals surface area contributed by atoms with Gasteiger partial charge in [-0.2, -0.15) is 0 Å². The van der Waals surface area contributed by atoms with Crippen LogP contribution >= 0.6 is 15.9 Å². The Balaban J connectivity index is 2.00. The van der Waals surface area contributed by atoms with Crippen molar-refractivity contribution in [3.63, 3.8) is 0 Å². The average molecular weight is 392 g/mol. The molecular weight excluding hydrogens is 370 g/mol. The van der Waals surface area contributed by atoms with E-state index in [1.165, 1.54) is 0 Å². The van der Waals surface area contributed by atoms with Crippen LogP contribution in [0.4, 0.5) is 16.2 Å². The first-order valence-corrected chi connectivity index (χ1v) is 8.45. The lowest BCUT2D eigenvalue weighted by Gasteiger charge is -2.20. The summed E-state index contributed by atoms with van der Waals surface area (Å²) in [4.78, 5) is 12.0. The number of anilines is 2. The third-order valence-corrected chi connectivity index (χ3v) is 3.49. The Kier molecular flexibility index (Phi) is 6.23. The fourth-order valence-electron chi connectivity index (χ4n) is 2.00. The molecule has 0 heterocycles. The minimum absolute atomic E-state index is 0.474. The van der Waals surface area contributed by atoms with Gasteiger partial charge in [0.25, 0.3) is 0 Å². The first kappa shape index (κ1) is 18.3. The van der Waals surface area contributed by atoms with E-state index in [2.05, 4.69) is 32.1 Å². The molecule has 0 spiro atoms. The molecule has 0 bridgehead atoms. The van der Waals surface area contributed by atoms with Gasteiger partial charge < -0.3 is 10.2 Å². The molecule has 1 amide bonds. The van der Waals surface area contributed by atoms with Crippen molar-refractivity contribution >= 4 is 33.4 Å². The number of hydrazine groups is 1. The maximum absolute atomic E-state index is 12.0. The van der Waals surface area contributed by atoms with E-state index in [0.717, 1.165) is 15.7 Å². The highest BCUT2D eigenvalue weighted by Gasteiger charge is 2.17. The van der Waals surface area contributed by atoms with Crippen LogP contribution in [-0.2, 0) is 11.3 Å². The number of rotatable bonds is 5. The SMILES string of the molecule is CC(C)(C)OC(=O)Nc1cc(Br)ccc1CNNc1ccccc1. The van der Waals surface area contributed by atoms with E-state index in [0.29, 0.717) is 12.2 Å². The van der Waals surface area contributed by atoms with Crippen LogP contribution in [0.3, 0.4) is 0 Å². The normalized spacial score (nSPS) is 11.0. The van der Waals surface area contributed by atoms with Gasteiger partial charge in [-0.3, -0.25) is 5.32 Å². The Bertz CT molecular complexity index is 684. The Hall–Kier alpha value is -2.05. The molecular formula is C18H22BrN3O2. The van der Waals surface area contributed by atoms with Crippen LogP contribution in [0.5, 0.6) is 0 Å². The fourth-order valence-corrected chi connectivity index (χ4v) is 2.36. The van der Waals surface area contributed by atoms with Crippen molar-refractivity contribution in [2.45, 2.75) is 32.9 Å². The summed E-state index contributed by atoms with van der Waals surface area (Å²) < 4.78 is 6.19. The zero-order valence-corrected chi connectivity index (χ0v) is 15.6. The lowest BCUT2D eigenvalue weighted by atomic mass is 10.2. The fraction of sp³-hybridized carbons (Fsp3) is 0.278. The lowest BCUT2D eigenvalue weighted by molar-refractivity contribution is 0.0636. The third kappa shape index (κ3) is 6.22. The molecule has 0 radical (unpaired) electrons. The maximum Gasteiger partial charge on any atom is 0.412 e. The summed E-state index contributed by atoms with van der Waals surface area (Å²) in [5.41, 5.74) is 8.33. The number of hydrogen-bond acceptors (Lipinski definition) is 4. The van der Waals surface area contributed by atoms with Crippen LogP contribution in [0.2, 0.25) is 0 Å². The number of para-hydroxylation sites is 1. The Labute approximate surface area is 150 Å². The second kappa shape index (κ2) is 8.17. The number of benzene rings is 2. The third-order valence-electron chi connectivity index (χ3n) is 2.99. The predicted molar refractivity (Wildman–Crippen MR) is 101 cm³/mol. The largest absolute Gasteiger partial charge is 0.444 e. The average Bonchev–Trinajstić information content (AvgIpc) is 2.48. The maximum atomic E-state index is 12.0. The number of nitrogens with one attached hydrogen (secondary N) is 3. The summed E-state index contributed by atoms with van der Waals surface area (Å²) >= 11 is 3.42. The van der Waals surface area contributed by atoms with Crippen molar-refractivity contribution in [1.29, 1.82) is 0 Å². The number of hydrogen-bond donors (Lipinski definition) is 3. The van der Waals surface area contributed by atoms with Crippen molar-refractivity contribution in [2.24, 2.45) is 0 Å². The van der Waals surface area contributed by atoms with Gasteiger partial charge in [0.05, 0.1) is 0 Å². The second-order valence-corrected chi connectivity index (χ2v) is 7.19. The number of carbonyl (C=O) groups is 1. The van der Waals surface area contributed by atoms with Gasteiger partial charge >= 0.3 is 6.09 Å². The Morgan fingerprint density at radius 3 is 2.50 bits per heavy atom. The minimum atomic E-state index is -0.538. The topological polar surface area (TPSA) is 62.4 Å². The summed E-state index contributed by atoms with van der Waals surface area (Å²) in [7, 11) is 0. The lowest BCUT2D eigenvalue weighted by Crippen LogP contribution is -2.28. The Morgan fingerprint density at radius 2 is 1.83 bits per heavy atom. The van der Waals surface area contributed by atoms with Crippen molar-refractivity contribution in [2.75, 3.05) is 10.7 Å². The molecule has 5 nitrogen and oxygen atoms in total. The molecule has 0 aliphatic rings. The highest BCUT2D eigenvalue weighted by atomic mass is 79.9. The van der Waals surface area contributed by atoms with E-state index in [1.54, 1.807) is 0 Å². The molecule has 2 aromatic rings. The summed E-state index contributed by atoms with van der Waals surface area (Å²) in [5.74, 6) is 0. The molecule has 0 aliphatic carbocycles. The van der Waals surface area contributed by atoms with Crippen molar-refractivity contribution in [3.05, 3.63) is 58.6 Å². The van der Waals surface area contributed by atoms with Crippen LogP contribution < -0.4 is 16.2 Å². The van der Waals surface area contributed by atoms with Gasteiger partial charge in [-0.05, 0) is 50.6 Å². The van der Waals surface area contributed by atoms with Gasteiger partial charge in [-0.1, -0.05) is 40.2 Å². The molecule has 0 saturated carbocycles. The van der Waals surface area contributed by atoms with E-state index >= 15 is 0 Å². The smallest absolute Gasteiger partial charge is 0.412 e. The molecule has 0 atom stereocenters. The van der Waals surface area contributed by atoms with E-state index in [4.69, 9.17) is 4.74 Å². The van der Waals surface area contributed by atoms with Gasteiger partial charge in [0.2, 0.25) is 0 Å². The van der Waals surface area contributed by atoms with E-state index in [-0.39, 0.29) is 0 Å². The molecule has 0 fully saturated rings. The molecule has 0 unspecified atom stereocenters. The first-order chi connectivity index (χ1) is 11.3. The molecule has 128 valence electrons. The molecule has 0 aliphatic heterocycles. The van der Waals surface area contributed by atoms with Crippen LogP contribution in [0.15, 0.2) is 53.0 Å². The second-order valence-electron chi connectivity index (χ2n) is 6.27. The summed E-state index contributed by atoms with van der Waals surface area (Å²) in [5, 5.41) is 2.80. The molecule has 6 heteroatoms. The molecule has 0 aromatic heterocycles. The van der Waals surface area contributed by atoms with Gasteiger partial charge in [-0.15, -0.1) is 0 Å². The molecule has 24 heavy (non-hydrogen) atoms. The number of amides is 1. The van der Waals surface area contributed by atoms with Gasteiger partial charge in [0.1, 0.15) is 5.60 Å². The zero-order valence-electron chi connectivity index (χ0n) is 14.0. The van der Waals surface area contributed by atoms with Gasteiger partial charge in [0, 0.05) is 22.4 Å². The van der Waals surface area contributed by atoms with Crippen LogP contribution in [-0.4, -0.2) is 11.7 Å². The van der Waals surface area contributed by atoms with Crippen molar-refractivity contribution < 1.29 is 9.53 Å². The van der Waals surface area contributed by atoms with Crippen molar-refractivity contribution in [3.8, 4) is 0 Å². The molecule has 2 rings (SSSR count). The summed E-state index contributed by atoms with van der Waals surface area (Å²) in [6.45, 7) is 6.03. The molecule has 2 aromatic carbocycles. The number of ether oxygens (including phenoxy) is 1. The van der Waals surface area contributed by atoms with Crippen LogP contribution in [0, 0.1) is 0 Å². The van der Waals surface area contributed by atoms with Gasteiger partial charge in [-0.25, -0.2) is 10.2 Å². The predicted octanol–water partition coefficient (Wildman–Crippen LogP) is 4.91. The van der Waals surface area contributed by atoms with Crippen molar-refractivity contribution in [1.82, 2.24) is 5.43 Å². The number of carbonyl (C=O) groups excluding carboxylic acids is 1. The summed E-state index contributed by atoms with van der Waals surface area (Å²) in [6.07, 6.45) is -0.474. The van der Waals surface area contributed by atoms with Crippen LogP contribution in [0.1, 0.15) is 26.3 Å². The van der Waals surface area contributed by atoms with E-state index in [9.17, 15) is 4.79 Å². The van der Waals surface area contributed by atoms with E-state index < -0.39 is 11.7 Å². The molecule has 0 saturated heterocycles. The minimum Gasteiger partial charge on any atom is -0.444 e. The molecule has 3 N–H and O–H groups in total. The Morgan fingerprint density at radius 1 is 1.12 bits per heavy atom. The highest BCUT2D eigenvalue weighted by molar-refractivity contribution is 9.10. The highest BCUT2D eigenvalue weighted by Crippen LogP contribution is 2.22. The van der Waals surface area contributed by atoms with Gasteiger partial charge in [0.15, 0.2) is 0 Å². The quantitative estimate of drug-likeness (QED) is 0.633. The summed E-state index contributed by atoms with van der Waals surface area (Å²) in [6, 6.07) is 15.5. The van der Waals surface area contributed by atoms with Crippen LogP contribution in [0.25, 0.3) is 0 Å². The number of halogens is 1. The van der Waals surface area contributed by atoms with E-state index in [1.807, 2.05) is 69.3 Å². The zero-order chi connectivity index (χ0) is 17.6. The first-order valence-electron chi connectivity index (χ1n) is 7.66. The monoisotopic (exact) mass is 391 g/mol.